The first-order valence-electron chi connectivity index (χ1n) is 8.43. The molecule has 1 atom stereocenters. The van der Waals surface area contributed by atoms with E-state index in [-0.39, 0.29) is 11.2 Å². The van der Waals surface area contributed by atoms with Gasteiger partial charge in [0.25, 0.3) is 5.56 Å². The van der Waals surface area contributed by atoms with Crippen LogP contribution in [0.3, 0.4) is 0 Å². The summed E-state index contributed by atoms with van der Waals surface area (Å²) in [5, 5.41) is 10.7. The molecule has 3 aromatic rings. The molecule has 27 heavy (non-hydrogen) atoms. The van der Waals surface area contributed by atoms with Gasteiger partial charge in [0.2, 0.25) is 0 Å². The van der Waals surface area contributed by atoms with E-state index in [4.69, 9.17) is 11.6 Å². The van der Waals surface area contributed by atoms with E-state index in [0.29, 0.717) is 41.1 Å². The van der Waals surface area contributed by atoms with E-state index in [9.17, 15) is 18.0 Å². The maximum Gasteiger partial charge on any atom is 0.272 e. The van der Waals surface area contributed by atoms with Crippen molar-refractivity contribution in [2.45, 2.75) is 31.0 Å². The number of aromatic nitrogens is 2. The standard InChI is InChI=1S/C13H11F2N3O.C6H4ClF/c14-6-3-7-11-8(4-6)16-10(13(15)1-2-13)5-9(11)17-18-12(7)19;7-5-2-1-3-6(8)4-5/h3-4,10,16H,1-2,5H2,(H,18,19);1-4H. The van der Waals surface area contributed by atoms with Gasteiger partial charge in [0, 0.05) is 22.5 Å². The molecule has 0 spiro atoms. The van der Waals surface area contributed by atoms with Gasteiger partial charge in [-0.1, -0.05) is 17.7 Å². The minimum atomic E-state index is -1.23. The summed E-state index contributed by atoms with van der Waals surface area (Å²) >= 11 is 5.40. The Kier molecular flexibility index (Phi) is 4.34. The van der Waals surface area contributed by atoms with Gasteiger partial charge in [-0.2, -0.15) is 5.10 Å². The molecule has 0 radical (unpaired) electrons. The third-order valence-electron chi connectivity index (χ3n) is 4.79. The number of rotatable bonds is 1. The molecular formula is C19H15ClF3N3O. The molecule has 1 aliphatic heterocycles. The van der Waals surface area contributed by atoms with Gasteiger partial charge in [0.15, 0.2) is 0 Å². The number of nitrogens with zero attached hydrogens (tertiary/aromatic N) is 1. The molecule has 0 saturated heterocycles. The second kappa shape index (κ2) is 6.56. The van der Waals surface area contributed by atoms with E-state index in [1.807, 2.05) is 0 Å². The molecule has 4 nitrogen and oxygen atoms in total. The van der Waals surface area contributed by atoms with Crippen LogP contribution >= 0.6 is 11.6 Å². The first kappa shape index (κ1) is 17.9. The second-order valence-corrected chi connectivity index (χ2v) is 7.19. The van der Waals surface area contributed by atoms with Gasteiger partial charge < -0.3 is 5.32 Å². The number of hydrogen-bond donors (Lipinski definition) is 2. The van der Waals surface area contributed by atoms with Crippen LogP contribution in [0, 0.1) is 11.6 Å². The summed E-state index contributed by atoms with van der Waals surface area (Å²) in [6.07, 6.45) is 1.44. The highest BCUT2D eigenvalue weighted by Gasteiger charge is 2.51. The van der Waals surface area contributed by atoms with Gasteiger partial charge in [-0.05, 0) is 43.2 Å². The highest BCUT2D eigenvalue weighted by molar-refractivity contribution is 6.30. The lowest BCUT2D eigenvalue weighted by Gasteiger charge is -2.28. The van der Waals surface area contributed by atoms with Crippen molar-refractivity contribution in [3.63, 3.8) is 0 Å². The van der Waals surface area contributed by atoms with Gasteiger partial charge in [0.1, 0.15) is 17.3 Å². The highest BCUT2D eigenvalue weighted by Crippen LogP contribution is 2.47. The number of alkyl halides is 1. The molecule has 1 aromatic heterocycles. The van der Waals surface area contributed by atoms with E-state index in [2.05, 4.69) is 15.5 Å². The molecule has 2 heterocycles. The average Bonchev–Trinajstić information content (AvgIpc) is 3.37. The smallest absolute Gasteiger partial charge is 0.272 e. The van der Waals surface area contributed by atoms with Crippen molar-refractivity contribution in [2.75, 3.05) is 5.32 Å². The quantitative estimate of drug-likeness (QED) is 0.645. The van der Waals surface area contributed by atoms with Gasteiger partial charge >= 0.3 is 0 Å². The lowest BCUT2D eigenvalue weighted by atomic mass is 9.95. The molecule has 0 amide bonds. The number of hydrogen-bond acceptors (Lipinski definition) is 3. The van der Waals surface area contributed by atoms with Gasteiger partial charge in [-0.25, -0.2) is 18.3 Å². The monoisotopic (exact) mass is 393 g/mol. The van der Waals surface area contributed by atoms with Crippen LogP contribution in [0.4, 0.5) is 18.9 Å². The maximum atomic E-state index is 14.2. The first-order valence-corrected chi connectivity index (χ1v) is 8.81. The average molecular weight is 394 g/mol. The van der Waals surface area contributed by atoms with Crippen molar-refractivity contribution < 1.29 is 13.2 Å². The minimum absolute atomic E-state index is 0.259. The number of aromatic amines is 1. The van der Waals surface area contributed by atoms with E-state index in [1.54, 1.807) is 12.1 Å². The zero-order valence-electron chi connectivity index (χ0n) is 14.0. The summed E-state index contributed by atoms with van der Waals surface area (Å²) in [6, 6.07) is 7.90. The normalized spacial score (nSPS) is 19.0. The minimum Gasteiger partial charge on any atom is -0.378 e. The Morgan fingerprint density at radius 2 is 1.93 bits per heavy atom. The molecule has 1 aliphatic carbocycles. The molecule has 2 N–H and O–H groups in total. The van der Waals surface area contributed by atoms with Crippen molar-refractivity contribution in [3.05, 3.63) is 69.1 Å². The predicted molar refractivity (Wildman–Crippen MR) is 97.9 cm³/mol. The zero-order chi connectivity index (χ0) is 19.2. The fourth-order valence-electron chi connectivity index (χ4n) is 3.26. The van der Waals surface area contributed by atoms with Crippen LogP contribution in [0.25, 0.3) is 10.8 Å². The summed E-state index contributed by atoms with van der Waals surface area (Å²) < 4.78 is 39.8. The second-order valence-electron chi connectivity index (χ2n) is 6.75. The van der Waals surface area contributed by atoms with E-state index in [1.165, 1.54) is 24.3 Å². The Balaban J connectivity index is 0.000000190. The molecule has 5 rings (SSSR count). The number of halogens is 4. The zero-order valence-corrected chi connectivity index (χ0v) is 14.8. The summed E-state index contributed by atoms with van der Waals surface area (Å²) in [5.74, 6) is -0.806. The molecule has 1 fully saturated rings. The summed E-state index contributed by atoms with van der Waals surface area (Å²) in [4.78, 5) is 11.7. The van der Waals surface area contributed by atoms with Crippen LogP contribution in [-0.2, 0) is 6.42 Å². The predicted octanol–water partition coefficient (Wildman–Crippen LogP) is 4.38. The Bertz CT molecular complexity index is 1060. The fourth-order valence-corrected chi connectivity index (χ4v) is 3.44. The van der Waals surface area contributed by atoms with Crippen molar-refractivity contribution >= 4 is 28.1 Å². The number of nitrogens with one attached hydrogen (secondary N) is 2. The van der Waals surface area contributed by atoms with Crippen molar-refractivity contribution in [2.24, 2.45) is 0 Å². The van der Waals surface area contributed by atoms with Crippen molar-refractivity contribution in [1.82, 2.24) is 10.2 Å². The lowest BCUT2D eigenvalue weighted by Crippen LogP contribution is -2.38. The van der Waals surface area contributed by atoms with Gasteiger partial charge in [-0.3, -0.25) is 4.79 Å². The Labute approximate surface area is 157 Å². The molecule has 1 saturated carbocycles. The molecule has 8 heteroatoms. The van der Waals surface area contributed by atoms with Crippen molar-refractivity contribution in [1.29, 1.82) is 0 Å². The number of H-pyrrole nitrogens is 1. The van der Waals surface area contributed by atoms with Crippen LogP contribution in [0.15, 0.2) is 41.2 Å². The Morgan fingerprint density at radius 1 is 1.15 bits per heavy atom. The SMILES string of the molecule is Fc1cccc(Cl)c1.O=c1[nH]nc2c3c(cc(F)cc13)NC(C1(F)CC1)C2. The fraction of sp³-hybridized carbons (Fsp3) is 0.263. The van der Waals surface area contributed by atoms with Crippen LogP contribution in [0.1, 0.15) is 18.5 Å². The topological polar surface area (TPSA) is 57.8 Å². The largest absolute Gasteiger partial charge is 0.378 e. The van der Waals surface area contributed by atoms with E-state index in [0.717, 1.165) is 0 Å². The van der Waals surface area contributed by atoms with Crippen LogP contribution < -0.4 is 10.9 Å². The summed E-state index contributed by atoms with van der Waals surface area (Å²) in [6.45, 7) is 0. The number of benzene rings is 2. The van der Waals surface area contributed by atoms with E-state index >= 15 is 0 Å². The Morgan fingerprint density at radius 3 is 2.56 bits per heavy atom. The Hall–Kier alpha value is -2.54. The maximum absolute atomic E-state index is 14.2. The van der Waals surface area contributed by atoms with Crippen LogP contribution in [0.5, 0.6) is 0 Å². The summed E-state index contributed by atoms with van der Waals surface area (Å²) in [5.41, 5.74) is -0.573. The molecule has 0 bridgehead atoms. The summed E-state index contributed by atoms with van der Waals surface area (Å²) in [7, 11) is 0. The lowest BCUT2D eigenvalue weighted by molar-refractivity contribution is 0.265. The molecular weight excluding hydrogens is 379 g/mol. The molecule has 140 valence electrons. The van der Waals surface area contributed by atoms with E-state index < -0.39 is 23.1 Å². The third kappa shape index (κ3) is 3.51. The number of anilines is 1. The van der Waals surface area contributed by atoms with Gasteiger partial charge in [0.05, 0.1) is 17.1 Å². The third-order valence-corrected chi connectivity index (χ3v) is 5.03. The molecule has 2 aliphatic rings. The van der Waals surface area contributed by atoms with Crippen molar-refractivity contribution in [3.8, 4) is 0 Å². The van der Waals surface area contributed by atoms with Crippen LogP contribution in [-0.4, -0.2) is 21.9 Å². The first-order chi connectivity index (χ1) is 12.9. The molecule has 2 aromatic carbocycles. The van der Waals surface area contributed by atoms with Gasteiger partial charge in [-0.15, -0.1) is 0 Å². The molecule has 1 unspecified atom stereocenters. The van der Waals surface area contributed by atoms with Crippen LogP contribution in [0.2, 0.25) is 5.02 Å². The highest BCUT2D eigenvalue weighted by atomic mass is 35.5.